The highest BCUT2D eigenvalue weighted by Crippen LogP contribution is 2.30. The van der Waals surface area contributed by atoms with Crippen molar-refractivity contribution in [2.75, 3.05) is 0 Å². The molecule has 28 heavy (non-hydrogen) atoms. The number of rotatable bonds is 5. The lowest BCUT2D eigenvalue weighted by Crippen LogP contribution is -2.41. The second-order valence-electron chi connectivity index (χ2n) is 5.29. The molecule has 1 radical (unpaired) electrons. The van der Waals surface area contributed by atoms with E-state index in [9.17, 15) is 36.7 Å². The second kappa shape index (κ2) is 7.46. The molecule has 2 aromatic rings. The Balaban J connectivity index is 2.73. The van der Waals surface area contributed by atoms with Crippen molar-refractivity contribution in [2.24, 2.45) is 12.8 Å². The number of amides is 1. The lowest BCUT2D eigenvalue weighted by atomic mass is 10.2. The van der Waals surface area contributed by atoms with Gasteiger partial charge in [-0.2, -0.15) is 13.2 Å². The maximum Gasteiger partial charge on any atom is 0.431 e. The van der Waals surface area contributed by atoms with Gasteiger partial charge in [-0.15, -0.1) is 0 Å². The first-order chi connectivity index (χ1) is 12.9. The molecule has 2 N–H and O–H groups in total. The van der Waals surface area contributed by atoms with E-state index in [1.54, 1.807) is 0 Å². The molecule has 0 aliphatic rings. The molecule has 1 unspecified atom stereocenters. The quantitative estimate of drug-likeness (QED) is 0.562. The summed E-state index contributed by atoms with van der Waals surface area (Å²) in [6.07, 6.45) is -5.80. The third-order valence-corrected chi connectivity index (χ3v) is 3.76. The van der Waals surface area contributed by atoms with Crippen LogP contribution >= 0.6 is 11.6 Å². The standard InChI is InChI=1S/C15H9ClF4N3O5/c1-22-11(15(18,19)20)4-12(25)23(14(22)27)8-3-9(6(16)2-7(8)17)28-10(5-24)13(21)26/h2-4,10H,1H3,(H2,21,26). The SMILES string of the molecule is Cn1c(C(F)(F)F)cc(=O)n(-c2cc(OC([C]=O)C(N)=O)c(Cl)cc2F)c1=O. The summed E-state index contributed by atoms with van der Waals surface area (Å²) in [6.45, 7) is 0. The number of carbonyl (C=O) groups is 1. The van der Waals surface area contributed by atoms with Gasteiger partial charge >= 0.3 is 11.9 Å². The summed E-state index contributed by atoms with van der Waals surface area (Å²) >= 11 is 5.72. The number of nitrogens with zero attached hydrogens (tertiary/aromatic N) is 2. The van der Waals surface area contributed by atoms with Gasteiger partial charge in [0.15, 0.2) is 0 Å². The average molecular weight is 423 g/mol. The Morgan fingerprint density at radius 1 is 1.29 bits per heavy atom. The van der Waals surface area contributed by atoms with Crippen LogP contribution in [0.25, 0.3) is 5.69 Å². The molecule has 1 amide bonds. The van der Waals surface area contributed by atoms with Crippen molar-refractivity contribution >= 4 is 23.8 Å². The molecule has 0 saturated heterocycles. The Morgan fingerprint density at radius 3 is 2.39 bits per heavy atom. The zero-order chi connectivity index (χ0) is 21.4. The van der Waals surface area contributed by atoms with Gasteiger partial charge in [-0.3, -0.25) is 19.0 Å². The Bertz CT molecular complexity index is 1080. The summed E-state index contributed by atoms with van der Waals surface area (Å²) in [6, 6.07) is 1.32. The van der Waals surface area contributed by atoms with Gasteiger partial charge in [0, 0.05) is 19.2 Å². The van der Waals surface area contributed by atoms with E-state index in [1.807, 2.05) is 0 Å². The number of nitrogens with two attached hydrogens (primary N) is 1. The summed E-state index contributed by atoms with van der Waals surface area (Å²) in [5.41, 5.74) is -0.486. The number of aromatic nitrogens is 2. The Labute approximate surface area is 157 Å². The predicted molar refractivity (Wildman–Crippen MR) is 86.6 cm³/mol. The van der Waals surface area contributed by atoms with Gasteiger partial charge in [0.25, 0.3) is 17.8 Å². The van der Waals surface area contributed by atoms with Crippen molar-refractivity contribution in [3.8, 4) is 11.4 Å². The number of primary amides is 1. The van der Waals surface area contributed by atoms with Gasteiger partial charge in [-0.1, -0.05) is 11.6 Å². The maximum atomic E-state index is 14.3. The molecule has 0 aliphatic heterocycles. The molecular weight excluding hydrogens is 414 g/mol. The van der Waals surface area contributed by atoms with Crippen LogP contribution in [0.15, 0.2) is 27.8 Å². The number of hydrogen-bond donors (Lipinski definition) is 1. The minimum atomic E-state index is -5.01. The highest BCUT2D eigenvalue weighted by Gasteiger charge is 2.35. The smallest absolute Gasteiger partial charge is 0.431 e. The highest BCUT2D eigenvalue weighted by molar-refractivity contribution is 6.32. The third-order valence-electron chi connectivity index (χ3n) is 3.46. The molecule has 1 aromatic heterocycles. The number of carbonyl (C=O) groups excluding carboxylic acids is 2. The average Bonchev–Trinajstić information content (AvgIpc) is 2.57. The van der Waals surface area contributed by atoms with Gasteiger partial charge in [0.05, 0.1) is 10.7 Å². The van der Waals surface area contributed by atoms with Crippen LogP contribution in [-0.2, 0) is 22.8 Å². The minimum absolute atomic E-state index is 0.0949. The van der Waals surface area contributed by atoms with Gasteiger partial charge in [-0.25, -0.2) is 13.8 Å². The molecule has 1 atom stereocenters. The molecule has 1 heterocycles. The first kappa shape index (κ1) is 21.2. The van der Waals surface area contributed by atoms with E-state index in [0.717, 1.165) is 13.3 Å². The van der Waals surface area contributed by atoms with Crippen LogP contribution in [0.5, 0.6) is 5.75 Å². The normalized spacial score (nSPS) is 12.5. The van der Waals surface area contributed by atoms with Crippen LogP contribution in [0.1, 0.15) is 5.69 Å². The van der Waals surface area contributed by atoms with E-state index in [-0.39, 0.29) is 15.2 Å². The number of ether oxygens (including phenoxy) is 1. The van der Waals surface area contributed by atoms with Crippen molar-refractivity contribution < 1.29 is 31.9 Å². The predicted octanol–water partition coefficient (Wildman–Crippen LogP) is 0.690. The Hall–Kier alpha value is -3.15. The van der Waals surface area contributed by atoms with Crippen molar-refractivity contribution in [1.82, 2.24) is 9.13 Å². The van der Waals surface area contributed by atoms with Crippen LogP contribution in [0.4, 0.5) is 17.6 Å². The molecule has 0 spiro atoms. The maximum absolute atomic E-state index is 14.3. The van der Waals surface area contributed by atoms with Gasteiger partial charge in [0.2, 0.25) is 6.10 Å². The summed E-state index contributed by atoms with van der Waals surface area (Å²) in [7, 11) is 0.733. The second-order valence-corrected chi connectivity index (χ2v) is 5.70. The first-order valence-corrected chi connectivity index (χ1v) is 7.49. The summed E-state index contributed by atoms with van der Waals surface area (Å²) in [5.74, 6) is -3.07. The molecule has 149 valence electrons. The van der Waals surface area contributed by atoms with Gasteiger partial charge in [-0.05, 0) is 6.07 Å². The van der Waals surface area contributed by atoms with E-state index >= 15 is 0 Å². The van der Waals surface area contributed by atoms with Crippen molar-refractivity contribution in [2.45, 2.75) is 12.3 Å². The minimum Gasteiger partial charge on any atom is -0.471 e. The zero-order valence-corrected chi connectivity index (χ0v) is 14.5. The molecule has 13 heteroatoms. The first-order valence-electron chi connectivity index (χ1n) is 7.11. The molecule has 0 fully saturated rings. The fourth-order valence-corrected chi connectivity index (χ4v) is 2.36. The van der Waals surface area contributed by atoms with Crippen molar-refractivity contribution in [3.63, 3.8) is 0 Å². The van der Waals surface area contributed by atoms with E-state index in [4.69, 9.17) is 22.1 Å². The van der Waals surface area contributed by atoms with Crippen LogP contribution in [0, 0.1) is 5.82 Å². The van der Waals surface area contributed by atoms with Crippen LogP contribution in [0.2, 0.25) is 5.02 Å². The number of alkyl halides is 3. The summed E-state index contributed by atoms with van der Waals surface area (Å²) < 4.78 is 58.0. The van der Waals surface area contributed by atoms with E-state index in [1.165, 1.54) is 0 Å². The highest BCUT2D eigenvalue weighted by atomic mass is 35.5. The number of benzene rings is 1. The Kier molecular flexibility index (Phi) is 5.64. The topological polar surface area (TPSA) is 113 Å². The van der Waals surface area contributed by atoms with Crippen LogP contribution in [0.3, 0.4) is 0 Å². The third kappa shape index (κ3) is 3.91. The molecule has 0 aliphatic carbocycles. The van der Waals surface area contributed by atoms with Gasteiger partial charge < -0.3 is 10.5 Å². The van der Waals surface area contributed by atoms with E-state index in [0.29, 0.717) is 12.1 Å². The molecule has 1 aromatic carbocycles. The van der Waals surface area contributed by atoms with Crippen LogP contribution < -0.4 is 21.7 Å². The monoisotopic (exact) mass is 422 g/mol. The molecule has 0 saturated carbocycles. The lowest BCUT2D eigenvalue weighted by Gasteiger charge is -2.16. The molecular formula is C15H9ClF4N3O5. The van der Waals surface area contributed by atoms with Gasteiger partial charge in [0.1, 0.15) is 17.3 Å². The largest absolute Gasteiger partial charge is 0.471 e. The van der Waals surface area contributed by atoms with E-state index < -0.39 is 57.4 Å². The zero-order valence-electron chi connectivity index (χ0n) is 13.7. The fraction of sp³-hybridized carbons (Fsp3) is 0.200. The molecule has 0 bridgehead atoms. The van der Waals surface area contributed by atoms with Crippen LogP contribution in [-0.4, -0.2) is 27.4 Å². The molecule has 2 rings (SSSR count). The Morgan fingerprint density at radius 2 is 1.89 bits per heavy atom. The summed E-state index contributed by atoms with van der Waals surface area (Å²) in [5, 5.41) is -0.473. The summed E-state index contributed by atoms with van der Waals surface area (Å²) in [4.78, 5) is 46.0. The van der Waals surface area contributed by atoms with E-state index in [2.05, 4.69) is 0 Å². The van der Waals surface area contributed by atoms with Crippen molar-refractivity contribution in [3.05, 3.63) is 55.6 Å². The number of hydrogen-bond acceptors (Lipinski definition) is 5. The lowest BCUT2D eigenvalue weighted by molar-refractivity contribution is -0.144. The number of halogens is 5. The van der Waals surface area contributed by atoms with Crippen molar-refractivity contribution in [1.29, 1.82) is 0 Å². The molecule has 8 nitrogen and oxygen atoms in total. The fourth-order valence-electron chi connectivity index (χ4n) is 2.17.